The van der Waals surface area contributed by atoms with E-state index in [2.05, 4.69) is 20.2 Å². The first-order valence-electron chi connectivity index (χ1n) is 7.07. The highest BCUT2D eigenvalue weighted by Gasteiger charge is 2.21. The number of aryl methyl sites for hydroxylation is 1. The molecule has 0 aromatic carbocycles. The zero-order valence-corrected chi connectivity index (χ0v) is 12.6. The lowest BCUT2D eigenvalue weighted by molar-refractivity contribution is 0.439. The number of rotatable bonds is 5. The molecular weight excluding hydrogens is 292 g/mol. The summed E-state index contributed by atoms with van der Waals surface area (Å²) in [6.07, 6.45) is 4.04. The topological polar surface area (TPSA) is 97.1 Å². The molecule has 1 fully saturated rings. The first kappa shape index (κ1) is 14.4. The van der Waals surface area contributed by atoms with Gasteiger partial charge in [-0.25, -0.2) is 18.1 Å². The molecule has 1 saturated heterocycles. The summed E-state index contributed by atoms with van der Waals surface area (Å²) in [6.45, 7) is 3.27. The van der Waals surface area contributed by atoms with Gasteiger partial charge in [-0.05, 0) is 31.9 Å². The Labute approximate surface area is 123 Å². The molecule has 1 aliphatic heterocycles. The van der Waals surface area contributed by atoms with Crippen LogP contribution in [0.3, 0.4) is 0 Å². The lowest BCUT2D eigenvalue weighted by atomic mass is 10.2. The number of sulfonamides is 1. The molecule has 3 rings (SSSR count). The van der Waals surface area contributed by atoms with Crippen molar-refractivity contribution in [2.75, 3.05) is 13.1 Å². The van der Waals surface area contributed by atoms with Crippen molar-refractivity contribution in [1.29, 1.82) is 0 Å². The third kappa shape index (κ3) is 2.92. The van der Waals surface area contributed by atoms with E-state index in [9.17, 15) is 8.42 Å². The molecule has 21 heavy (non-hydrogen) atoms. The molecule has 0 aliphatic carbocycles. The van der Waals surface area contributed by atoms with Gasteiger partial charge in [0, 0.05) is 12.6 Å². The zero-order valence-electron chi connectivity index (χ0n) is 11.8. The summed E-state index contributed by atoms with van der Waals surface area (Å²) in [6, 6.07) is 1.78. The molecule has 7 nitrogen and oxygen atoms in total. The van der Waals surface area contributed by atoms with Crippen LogP contribution in [0.1, 0.15) is 25.5 Å². The van der Waals surface area contributed by atoms with Crippen LogP contribution in [-0.2, 0) is 16.4 Å². The number of hydrogen-bond acceptors (Lipinski definition) is 6. The number of nitrogens with zero attached hydrogens (tertiary/aromatic N) is 2. The van der Waals surface area contributed by atoms with Crippen molar-refractivity contribution in [2.45, 2.75) is 37.1 Å². The molecular formula is C13H18N4O3S. The van der Waals surface area contributed by atoms with Gasteiger partial charge in [0.2, 0.25) is 10.0 Å². The van der Waals surface area contributed by atoms with Gasteiger partial charge in [-0.2, -0.15) is 0 Å². The standard InChI is InChI=1S/C13H18N4O3S/c1-2-12-11-6-10(8-15-13(11)20-17-12)21(18,19)16-7-9-4-3-5-14-9/h6,8-9,14,16H,2-5,7H2,1H3. The van der Waals surface area contributed by atoms with E-state index >= 15 is 0 Å². The Morgan fingerprint density at radius 3 is 3.10 bits per heavy atom. The Kier molecular flexibility index (Phi) is 3.92. The predicted octanol–water partition coefficient (Wildman–Crippen LogP) is 0.815. The summed E-state index contributed by atoms with van der Waals surface area (Å²) in [4.78, 5) is 4.18. The maximum absolute atomic E-state index is 12.3. The highest BCUT2D eigenvalue weighted by Crippen LogP contribution is 2.20. The van der Waals surface area contributed by atoms with Crippen LogP contribution in [0.4, 0.5) is 0 Å². The summed E-state index contributed by atoms with van der Waals surface area (Å²) >= 11 is 0. The van der Waals surface area contributed by atoms with E-state index in [1.807, 2.05) is 6.92 Å². The average Bonchev–Trinajstić information content (AvgIpc) is 3.13. The smallest absolute Gasteiger partial charge is 0.258 e. The highest BCUT2D eigenvalue weighted by atomic mass is 32.2. The summed E-state index contributed by atoms with van der Waals surface area (Å²) < 4.78 is 32.3. The van der Waals surface area contributed by atoms with Crippen LogP contribution < -0.4 is 10.0 Å². The van der Waals surface area contributed by atoms with Crippen molar-refractivity contribution >= 4 is 21.1 Å². The van der Waals surface area contributed by atoms with Crippen LogP contribution in [-0.4, -0.2) is 37.7 Å². The largest absolute Gasteiger partial charge is 0.336 e. The Morgan fingerprint density at radius 1 is 1.52 bits per heavy atom. The van der Waals surface area contributed by atoms with E-state index in [-0.39, 0.29) is 10.9 Å². The molecule has 1 atom stereocenters. The Balaban J connectivity index is 1.83. The molecule has 114 valence electrons. The SMILES string of the molecule is CCc1noc2ncc(S(=O)(=O)NCC3CCCN3)cc12. The van der Waals surface area contributed by atoms with Crippen LogP contribution in [0.15, 0.2) is 21.7 Å². The summed E-state index contributed by atoms with van der Waals surface area (Å²) in [5.74, 6) is 0. The van der Waals surface area contributed by atoms with E-state index in [0.717, 1.165) is 19.4 Å². The van der Waals surface area contributed by atoms with Crippen molar-refractivity contribution in [3.63, 3.8) is 0 Å². The summed E-state index contributed by atoms with van der Waals surface area (Å²) in [5.41, 5.74) is 1.08. The fourth-order valence-corrected chi connectivity index (χ4v) is 3.54. The van der Waals surface area contributed by atoms with E-state index in [0.29, 0.717) is 29.8 Å². The van der Waals surface area contributed by atoms with Gasteiger partial charge in [-0.3, -0.25) is 0 Å². The molecule has 0 amide bonds. The fourth-order valence-electron chi connectivity index (χ4n) is 2.49. The normalized spacial score (nSPS) is 19.4. The number of pyridine rings is 1. The Hall–Kier alpha value is -1.51. The van der Waals surface area contributed by atoms with Gasteiger partial charge in [0.05, 0.1) is 17.3 Å². The minimum Gasteiger partial charge on any atom is -0.336 e. The molecule has 1 aliphatic rings. The molecule has 2 N–H and O–H groups in total. The molecule has 0 radical (unpaired) electrons. The first-order valence-corrected chi connectivity index (χ1v) is 8.56. The molecule has 2 aromatic rings. The average molecular weight is 310 g/mol. The van der Waals surface area contributed by atoms with Crippen LogP contribution in [0.2, 0.25) is 0 Å². The van der Waals surface area contributed by atoms with Gasteiger partial charge >= 0.3 is 0 Å². The number of hydrogen-bond donors (Lipinski definition) is 2. The molecule has 0 bridgehead atoms. The van der Waals surface area contributed by atoms with Crippen molar-refractivity contribution in [1.82, 2.24) is 20.2 Å². The Morgan fingerprint density at radius 2 is 2.38 bits per heavy atom. The van der Waals surface area contributed by atoms with E-state index in [1.165, 1.54) is 6.20 Å². The van der Waals surface area contributed by atoms with Gasteiger partial charge in [0.1, 0.15) is 4.90 Å². The fraction of sp³-hybridized carbons (Fsp3) is 0.538. The van der Waals surface area contributed by atoms with Crippen molar-refractivity contribution < 1.29 is 12.9 Å². The van der Waals surface area contributed by atoms with Crippen LogP contribution in [0, 0.1) is 0 Å². The number of fused-ring (bicyclic) bond motifs is 1. The monoisotopic (exact) mass is 310 g/mol. The van der Waals surface area contributed by atoms with Crippen molar-refractivity contribution in [2.24, 2.45) is 0 Å². The number of nitrogens with one attached hydrogen (secondary N) is 2. The second kappa shape index (κ2) is 5.70. The third-order valence-electron chi connectivity index (χ3n) is 3.71. The lowest BCUT2D eigenvalue weighted by Crippen LogP contribution is -2.37. The summed E-state index contributed by atoms with van der Waals surface area (Å²) in [5, 5.41) is 7.79. The van der Waals surface area contributed by atoms with Gasteiger partial charge in [-0.15, -0.1) is 0 Å². The van der Waals surface area contributed by atoms with Gasteiger partial charge in [0.15, 0.2) is 0 Å². The van der Waals surface area contributed by atoms with E-state index < -0.39 is 10.0 Å². The van der Waals surface area contributed by atoms with Crippen LogP contribution >= 0.6 is 0 Å². The van der Waals surface area contributed by atoms with Gasteiger partial charge in [-0.1, -0.05) is 12.1 Å². The number of aromatic nitrogens is 2. The van der Waals surface area contributed by atoms with E-state index in [4.69, 9.17) is 4.52 Å². The second-order valence-corrected chi connectivity index (χ2v) is 6.92. The molecule has 2 aromatic heterocycles. The van der Waals surface area contributed by atoms with Crippen LogP contribution in [0.5, 0.6) is 0 Å². The van der Waals surface area contributed by atoms with Crippen molar-refractivity contribution in [3.8, 4) is 0 Å². The first-order chi connectivity index (χ1) is 10.1. The third-order valence-corrected chi connectivity index (χ3v) is 5.10. The molecule has 3 heterocycles. The van der Waals surface area contributed by atoms with Gasteiger partial charge < -0.3 is 9.84 Å². The van der Waals surface area contributed by atoms with Gasteiger partial charge in [0.25, 0.3) is 5.71 Å². The predicted molar refractivity (Wildman–Crippen MR) is 77.4 cm³/mol. The zero-order chi connectivity index (χ0) is 14.9. The molecule has 8 heteroatoms. The quantitative estimate of drug-likeness (QED) is 0.848. The van der Waals surface area contributed by atoms with Crippen LogP contribution in [0.25, 0.3) is 11.1 Å². The molecule has 0 saturated carbocycles. The maximum atomic E-state index is 12.3. The highest BCUT2D eigenvalue weighted by molar-refractivity contribution is 7.89. The van der Waals surface area contributed by atoms with Crippen molar-refractivity contribution in [3.05, 3.63) is 18.0 Å². The lowest BCUT2D eigenvalue weighted by Gasteiger charge is -2.11. The minimum absolute atomic E-state index is 0.144. The second-order valence-electron chi connectivity index (χ2n) is 5.15. The minimum atomic E-state index is -3.56. The summed E-state index contributed by atoms with van der Waals surface area (Å²) in [7, 11) is -3.56. The van der Waals surface area contributed by atoms with E-state index in [1.54, 1.807) is 6.07 Å². The molecule has 1 unspecified atom stereocenters. The Bertz CT molecular complexity index is 735. The maximum Gasteiger partial charge on any atom is 0.258 e. The molecule has 0 spiro atoms.